The van der Waals surface area contributed by atoms with Gasteiger partial charge in [0.05, 0.1) is 0 Å². The van der Waals surface area contributed by atoms with Crippen LogP contribution in [0.3, 0.4) is 0 Å². The van der Waals surface area contributed by atoms with Gasteiger partial charge < -0.3 is 4.74 Å². The minimum Gasteiger partial charge on any atom is -0.459 e. The van der Waals surface area contributed by atoms with E-state index in [9.17, 15) is 4.79 Å². The molecule has 2 saturated carbocycles. The summed E-state index contributed by atoms with van der Waals surface area (Å²) in [5.74, 6) is 1.08. The van der Waals surface area contributed by atoms with E-state index in [0.29, 0.717) is 11.3 Å². The van der Waals surface area contributed by atoms with Gasteiger partial charge in [0.15, 0.2) is 0 Å². The van der Waals surface area contributed by atoms with E-state index < -0.39 is 0 Å². The molecule has 2 aliphatic rings. The summed E-state index contributed by atoms with van der Waals surface area (Å²) in [5.41, 5.74) is 0.460. The Morgan fingerprint density at radius 1 is 1.50 bits per heavy atom. The zero-order chi connectivity index (χ0) is 10.3. The second-order valence-electron chi connectivity index (χ2n) is 5.30. The van der Waals surface area contributed by atoms with Crippen molar-refractivity contribution in [3.8, 4) is 0 Å². The molecule has 3 unspecified atom stereocenters. The summed E-state index contributed by atoms with van der Waals surface area (Å²) in [6.45, 7) is 8.06. The van der Waals surface area contributed by atoms with Gasteiger partial charge in [-0.05, 0) is 36.5 Å². The van der Waals surface area contributed by atoms with Crippen molar-refractivity contribution in [2.45, 2.75) is 39.2 Å². The highest BCUT2D eigenvalue weighted by Gasteiger charge is 2.51. The maximum absolute atomic E-state index is 11.1. The zero-order valence-corrected chi connectivity index (χ0v) is 8.95. The van der Waals surface area contributed by atoms with Crippen molar-refractivity contribution in [1.29, 1.82) is 0 Å². The Labute approximate surface area is 85.3 Å². The largest absolute Gasteiger partial charge is 0.459 e. The van der Waals surface area contributed by atoms with Crippen molar-refractivity contribution in [3.63, 3.8) is 0 Å². The first-order valence-corrected chi connectivity index (χ1v) is 5.36. The molecule has 3 atom stereocenters. The predicted octanol–water partition coefficient (Wildman–Crippen LogP) is 2.54. The third-order valence-corrected chi connectivity index (χ3v) is 3.96. The normalized spacial score (nSPS) is 38.3. The summed E-state index contributed by atoms with van der Waals surface area (Å²) in [5, 5.41) is 0. The number of hydrogen-bond donors (Lipinski definition) is 0. The van der Waals surface area contributed by atoms with E-state index in [4.69, 9.17) is 4.74 Å². The van der Waals surface area contributed by atoms with Gasteiger partial charge >= 0.3 is 5.97 Å². The average molecular weight is 194 g/mol. The highest BCUT2D eigenvalue weighted by molar-refractivity contribution is 5.81. The average Bonchev–Trinajstić information content (AvgIpc) is 2.59. The minimum absolute atomic E-state index is 0.165. The zero-order valence-electron chi connectivity index (χ0n) is 8.95. The molecule has 14 heavy (non-hydrogen) atoms. The van der Waals surface area contributed by atoms with E-state index in [1.807, 2.05) is 0 Å². The van der Waals surface area contributed by atoms with Crippen molar-refractivity contribution >= 4 is 5.97 Å². The molecule has 0 amide bonds. The van der Waals surface area contributed by atoms with Gasteiger partial charge in [0, 0.05) is 6.08 Å². The lowest BCUT2D eigenvalue weighted by molar-refractivity contribution is -0.146. The molecular formula is C12H18O2. The molecule has 2 bridgehead atoms. The van der Waals surface area contributed by atoms with Gasteiger partial charge in [-0.15, -0.1) is 0 Å². The molecule has 0 heterocycles. The molecule has 0 aromatic heterocycles. The van der Waals surface area contributed by atoms with Crippen LogP contribution < -0.4 is 0 Å². The number of fused-ring (bicyclic) bond motifs is 2. The van der Waals surface area contributed by atoms with Crippen LogP contribution in [0.15, 0.2) is 12.7 Å². The maximum Gasteiger partial charge on any atom is 0.330 e. The van der Waals surface area contributed by atoms with Crippen LogP contribution in [0.4, 0.5) is 0 Å². The summed E-state index contributed by atoms with van der Waals surface area (Å²) in [7, 11) is 0. The summed E-state index contributed by atoms with van der Waals surface area (Å²) in [4.78, 5) is 11.1. The van der Waals surface area contributed by atoms with E-state index in [-0.39, 0.29) is 12.1 Å². The molecule has 2 fully saturated rings. The van der Waals surface area contributed by atoms with Gasteiger partial charge in [-0.1, -0.05) is 20.4 Å². The Morgan fingerprint density at radius 3 is 2.64 bits per heavy atom. The van der Waals surface area contributed by atoms with Crippen LogP contribution in [0.5, 0.6) is 0 Å². The molecular weight excluding hydrogens is 176 g/mol. The number of carbonyl (C=O) groups excluding carboxylic acids is 1. The van der Waals surface area contributed by atoms with Gasteiger partial charge in [0.25, 0.3) is 0 Å². The van der Waals surface area contributed by atoms with Gasteiger partial charge in [0.1, 0.15) is 6.10 Å². The maximum atomic E-state index is 11.1. The topological polar surface area (TPSA) is 26.3 Å². The molecule has 78 valence electrons. The number of hydrogen-bond acceptors (Lipinski definition) is 2. The number of rotatable bonds is 2. The molecule has 0 spiro atoms. The second kappa shape index (κ2) is 3.11. The summed E-state index contributed by atoms with van der Waals surface area (Å²) in [6, 6.07) is 0. The highest BCUT2D eigenvalue weighted by atomic mass is 16.5. The molecule has 2 nitrogen and oxygen atoms in total. The number of esters is 1. The molecule has 0 saturated heterocycles. The molecule has 2 aliphatic carbocycles. The first kappa shape index (κ1) is 9.75. The fraction of sp³-hybridized carbons (Fsp3) is 0.750. The van der Waals surface area contributed by atoms with Crippen molar-refractivity contribution < 1.29 is 9.53 Å². The van der Waals surface area contributed by atoms with E-state index in [1.54, 1.807) is 0 Å². The quantitative estimate of drug-likeness (QED) is 0.499. The van der Waals surface area contributed by atoms with Gasteiger partial charge in [-0.3, -0.25) is 0 Å². The minimum atomic E-state index is -0.264. The van der Waals surface area contributed by atoms with Crippen LogP contribution in [-0.2, 0) is 9.53 Å². The molecule has 0 aromatic rings. The van der Waals surface area contributed by atoms with Crippen molar-refractivity contribution in [2.24, 2.45) is 17.3 Å². The standard InChI is InChI=1S/C12H18O2/c1-4-11(13)14-10-6-9-5-8(10)7-12(9,2)3/h4,8-10H,1,5-7H2,2-3H3. The van der Waals surface area contributed by atoms with Crippen molar-refractivity contribution in [1.82, 2.24) is 0 Å². The smallest absolute Gasteiger partial charge is 0.330 e. The fourth-order valence-corrected chi connectivity index (χ4v) is 3.12. The monoisotopic (exact) mass is 194 g/mol. The lowest BCUT2D eigenvalue weighted by Gasteiger charge is -2.33. The summed E-state index contributed by atoms with van der Waals surface area (Å²) in [6.07, 6.45) is 4.92. The molecule has 0 aliphatic heterocycles. The Bertz CT molecular complexity index is 267. The van der Waals surface area contributed by atoms with E-state index in [1.165, 1.54) is 18.9 Å². The van der Waals surface area contributed by atoms with Gasteiger partial charge in [0.2, 0.25) is 0 Å². The number of ether oxygens (including phenoxy) is 1. The van der Waals surface area contributed by atoms with Gasteiger partial charge in [-0.2, -0.15) is 0 Å². The van der Waals surface area contributed by atoms with Crippen LogP contribution in [0, 0.1) is 17.3 Å². The van der Waals surface area contributed by atoms with Crippen LogP contribution >= 0.6 is 0 Å². The lowest BCUT2D eigenvalue weighted by Crippen LogP contribution is -2.30. The summed E-state index contributed by atoms with van der Waals surface area (Å²) >= 11 is 0. The first-order valence-electron chi connectivity index (χ1n) is 5.36. The van der Waals surface area contributed by atoms with Crippen molar-refractivity contribution in [3.05, 3.63) is 12.7 Å². The van der Waals surface area contributed by atoms with Crippen LogP contribution in [0.1, 0.15) is 33.1 Å². The van der Waals surface area contributed by atoms with E-state index in [0.717, 1.165) is 12.3 Å². The van der Waals surface area contributed by atoms with Crippen LogP contribution in [-0.4, -0.2) is 12.1 Å². The predicted molar refractivity (Wildman–Crippen MR) is 54.7 cm³/mol. The molecule has 2 rings (SSSR count). The molecule has 0 radical (unpaired) electrons. The summed E-state index contributed by atoms with van der Waals surface area (Å²) < 4.78 is 5.33. The lowest BCUT2D eigenvalue weighted by atomic mass is 9.76. The Morgan fingerprint density at radius 2 is 2.21 bits per heavy atom. The highest BCUT2D eigenvalue weighted by Crippen LogP contribution is 2.56. The third kappa shape index (κ3) is 1.47. The number of carbonyl (C=O) groups is 1. The Balaban J connectivity index is 1.97. The van der Waals surface area contributed by atoms with Crippen LogP contribution in [0.2, 0.25) is 0 Å². The molecule has 0 N–H and O–H groups in total. The first-order chi connectivity index (χ1) is 6.53. The fourth-order valence-electron chi connectivity index (χ4n) is 3.12. The Kier molecular flexibility index (Phi) is 2.17. The van der Waals surface area contributed by atoms with Crippen molar-refractivity contribution in [2.75, 3.05) is 0 Å². The Hall–Kier alpha value is -0.790. The molecule has 0 aromatic carbocycles. The van der Waals surface area contributed by atoms with E-state index >= 15 is 0 Å². The second-order valence-corrected chi connectivity index (χ2v) is 5.30. The SMILES string of the molecule is C=CC(=O)OC1CC2CC1CC2(C)C. The molecule has 2 heteroatoms. The van der Waals surface area contributed by atoms with Crippen LogP contribution in [0.25, 0.3) is 0 Å². The third-order valence-electron chi connectivity index (χ3n) is 3.96. The van der Waals surface area contributed by atoms with Gasteiger partial charge in [-0.25, -0.2) is 4.79 Å². The van der Waals surface area contributed by atoms with E-state index in [2.05, 4.69) is 20.4 Å².